The molecule has 1 aromatic carbocycles. The molecular weight excluding hydrogens is 320 g/mol. The van der Waals surface area contributed by atoms with Gasteiger partial charge in [0, 0.05) is 11.6 Å². The van der Waals surface area contributed by atoms with Gasteiger partial charge in [0.25, 0.3) is 0 Å². The second kappa shape index (κ2) is 5.90. The number of aromatic nitrogens is 1. The van der Waals surface area contributed by atoms with Gasteiger partial charge in [0.1, 0.15) is 28.5 Å². The Bertz CT molecular complexity index is 1010. The molecule has 0 spiro atoms. The van der Waals surface area contributed by atoms with Gasteiger partial charge < -0.3 is 13.7 Å². The molecule has 0 atom stereocenters. The second-order valence-electron chi connectivity index (χ2n) is 5.61. The van der Waals surface area contributed by atoms with Crippen molar-refractivity contribution in [2.45, 2.75) is 13.8 Å². The molecule has 1 aliphatic heterocycles. The fourth-order valence-electron chi connectivity index (χ4n) is 2.60. The van der Waals surface area contributed by atoms with Crippen LogP contribution in [-0.4, -0.2) is 17.0 Å². The number of benzene rings is 1. The molecule has 1 aliphatic rings. The van der Waals surface area contributed by atoms with Gasteiger partial charge in [-0.2, -0.15) is 0 Å². The quantitative estimate of drug-likeness (QED) is 0.536. The Balaban J connectivity index is 1.76. The number of cyclic esters (lactones) is 1. The summed E-state index contributed by atoms with van der Waals surface area (Å²) in [6, 6.07) is 13.1. The Morgan fingerprint density at radius 3 is 2.56 bits per heavy atom. The lowest BCUT2D eigenvalue weighted by molar-refractivity contribution is -0.129. The first-order valence-corrected chi connectivity index (χ1v) is 7.73. The van der Waals surface area contributed by atoms with Crippen molar-refractivity contribution in [3.05, 3.63) is 71.0 Å². The van der Waals surface area contributed by atoms with Gasteiger partial charge in [0.15, 0.2) is 5.70 Å². The Morgan fingerprint density at radius 1 is 1.04 bits per heavy atom. The highest BCUT2D eigenvalue weighted by Crippen LogP contribution is 2.29. The van der Waals surface area contributed by atoms with Crippen molar-refractivity contribution < 1.29 is 18.5 Å². The van der Waals surface area contributed by atoms with Crippen LogP contribution in [0.1, 0.15) is 22.8 Å². The summed E-state index contributed by atoms with van der Waals surface area (Å²) >= 11 is 0. The van der Waals surface area contributed by atoms with E-state index in [1.165, 1.54) is 0 Å². The molecule has 3 aromatic rings. The molecule has 0 unspecified atom stereocenters. The molecule has 0 aliphatic carbocycles. The molecule has 0 saturated heterocycles. The zero-order valence-corrected chi connectivity index (χ0v) is 13.6. The molecule has 6 heteroatoms. The highest BCUT2D eigenvalue weighted by Gasteiger charge is 2.30. The van der Waals surface area contributed by atoms with E-state index < -0.39 is 5.97 Å². The number of carbonyl (C=O) groups excluding carboxylic acids is 1. The molecule has 25 heavy (non-hydrogen) atoms. The SMILES string of the molecule is Cc1ccc(/C=C2\N=C(c3c(-c4ccccc4)noc3C)OC2=O)o1. The first-order valence-electron chi connectivity index (χ1n) is 7.73. The van der Waals surface area contributed by atoms with Crippen LogP contribution in [0.3, 0.4) is 0 Å². The first kappa shape index (κ1) is 15.1. The smallest absolute Gasteiger partial charge is 0.363 e. The standard InChI is InChI=1S/C19H14N2O4/c1-11-8-9-14(23-11)10-15-19(22)24-18(20-15)16-12(2)25-21-17(16)13-6-4-3-5-7-13/h3-10H,1-2H3/b15-10-. The lowest BCUT2D eigenvalue weighted by Gasteiger charge is -2.01. The maximum Gasteiger partial charge on any atom is 0.363 e. The number of aliphatic imine (C=N–C) groups is 1. The van der Waals surface area contributed by atoms with E-state index in [1.54, 1.807) is 19.1 Å². The summed E-state index contributed by atoms with van der Waals surface area (Å²) in [6.45, 7) is 3.58. The molecule has 0 amide bonds. The normalized spacial score (nSPS) is 15.5. The van der Waals surface area contributed by atoms with E-state index >= 15 is 0 Å². The highest BCUT2D eigenvalue weighted by molar-refractivity contribution is 6.15. The van der Waals surface area contributed by atoms with Gasteiger partial charge in [-0.15, -0.1) is 0 Å². The van der Waals surface area contributed by atoms with Gasteiger partial charge in [0.05, 0.1) is 0 Å². The number of hydrogen-bond acceptors (Lipinski definition) is 6. The van der Waals surface area contributed by atoms with Crippen LogP contribution >= 0.6 is 0 Å². The van der Waals surface area contributed by atoms with Gasteiger partial charge in [0.2, 0.25) is 5.90 Å². The minimum Gasteiger partial charge on any atom is -0.462 e. The van der Waals surface area contributed by atoms with Crippen molar-refractivity contribution in [3.63, 3.8) is 0 Å². The van der Waals surface area contributed by atoms with E-state index in [0.29, 0.717) is 22.8 Å². The van der Waals surface area contributed by atoms with Crippen LogP contribution < -0.4 is 0 Å². The number of aryl methyl sites for hydroxylation is 2. The molecule has 0 fully saturated rings. The van der Waals surface area contributed by atoms with E-state index in [9.17, 15) is 4.79 Å². The summed E-state index contributed by atoms with van der Waals surface area (Å²) in [7, 11) is 0. The maximum atomic E-state index is 12.2. The predicted octanol–water partition coefficient (Wildman–Crippen LogP) is 3.90. The van der Waals surface area contributed by atoms with Crippen LogP contribution in [0.25, 0.3) is 17.3 Å². The fraction of sp³-hybridized carbons (Fsp3) is 0.105. The summed E-state index contributed by atoms with van der Waals surface area (Å²) < 4.78 is 16.1. The number of carbonyl (C=O) groups is 1. The molecule has 124 valence electrons. The number of rotatable bonds is 3. The summed E-state index contributed by atoms with van der Waals surface area (Å²) in [5.74, 6) is 1.46. The number of nitrogens with zero attached hydrogens (tertiary/aromatic N) is 2. The average Bonchev–Trinajstić information content (AvgIpc) is 3.29. The lowest BCUT2D eigenvalue weighted by atomic mass is 10.1. The third-order valence-electron chi connectivity index (χ3n) is 3.78. The van der Waals surface area contributed by atoms with Crippen LogP contribution in [0.5, 0.6) is 0 Å². The third-order valence-corrected chi connectivity index (χ3v) is 3.78. The van der Waals surface area contributed by atoms with Crippen molar-refractivity contribution in [3.8, 4) is 11.3 Å². The molecule has 0 saturated carbocycles. The van der Waals surface area contributed by atoms with Gasteiger partial charge in [-0.3, -0.25) is 0 Å². The maximum absolute atomic E-state index is 12.2. The number of hydrogen-bond donors (Lipinski definition) is 0. The van der Waals surface area contributed by atoms with Gasteiger partial charge in [-0.25, -0.2) is 9.79 Å². The summed E-state index contributed by atoms with van der Waals surface area (Å²) in [5, 5.41) is 4.08. The largest absolute Gasteiger partial charge is 0.462 e. The summed E-state index contributed by atoms with van der Waals surface area (Å²) in [6.07, 6.45) is 1.55. The first-order chi connectivity index (χ1) is 12.1. The molecule has 0 N–H and O–H groups in total. The molecule has 0 radical (unpaired) electrons. The van der Waals surface area contributed by atoms with Crippen molar-refractivity contribution in [1.82, 2.24) is 5.16 Å². The molecule has 0 bridgehead atoms. The number of furan rings is 1. The Labute approximate surface area is 143 Å². The van der Waals surface area contributed by atoms with Crippen molar-refractivity contribution in [2.75, 3.05) is 0 Å². The predicted molar refractivity (Wildman–Crippen MR) is 90.7 cm³/mol. The Hall–Kier alpha value is -3.41. The van der Waals surface area contributed by atoms with E-state index in [2.05, 4.69) is 10.1 Å². The molecular formula is C19H14N2O4. The Morgan fingerprint density at radius 2 is 1.84 bits per heavy atom. The molecule has 3 heterocycles. The number of esters is 1. The van der Waals surface area contributed by atoms with E-state index in [4.69, 9.17) is 13.7 Å². The monoisotopic (exact) mass is 334 g/mol. The topological polar surface area (TPSA) is 77.8 Å². The molecule has 2 aromatic heterocycles. The minimum absolute atomic E-state index is 0.170. The van der Waals surface area contributed by atoms with Crippen molar-refractivity contribution in [1.29, 1.82) is 0 Å². The van der Waals surface area contributed by atoms with Crippen LogP contribution in [-0.2, 0) is 9.53 Å². The third kappa shape index (κ3) is 2.78. The lowest BCUT2D eigenvalue weighted by Crippen LogP contribution is -2.07. The molecule has 4 rings (SSSR count). The van der Waals surface area contributed by atoms with E-state index in [-0.39, 0.29) is 11.6 Å². The summed E-state index contributed by atoms with van der Waals surface area (Å²) in [5.41, 5.74) is 2.18. The second-order valence-corrected chi connectivity index (χ2v) is 5.61. The van der Waals surface area contributed by atoms with Crippen LogP contribution in [0.15, 0.2) is 62.1 Å². The zero-order valence-electron chi connectivity index (χ0n) is 13.6. The highest BCUT2D eigenvalue weighted by atomic mass is 16.6. The zero-order chi connectivity index (χ0) is 17.4. The van der Waals surface area contributed by atoms with Gasteiger partial charge in [-0.05, 0) is 26.0 Å². The van der Waals surface area contributed by atoms with Gasteiger partial charge in [-0.1, -0.05) is 35.5 Å². The molecule has 6 nitrogen and oxygen atoms in total. The van der Waals surface area contributed by atoms with Crippen molar-refractivity contribution >= 4 is 17.9 Å². The van der Waals surface area contributed by atoms with Crippen LogP contribution in [0.4, 0.5) is 0 Å². The minimum atomic E-state index is -0.538. The van der Waals surface area contributed by atoms with E-state index in [0.717, 1.165) is 11.3 Å². The fourth-order valence-corrected chi connectivity index (χ4v) is 2.60. The van der Waals surface area contributed by atoms with Crippen LogP contribution in [0.2, 0.25) is 0 Å². The number of ether oxygens (including phenoxy) is 1. The average molecular weight is 334 g/mol. The Kier molecular flexibility index (Phi) is 3.57. The van der Waals surface area contributed by atoms with Crippen molar-refractivity contribution in [2.24, 2.45) is 4.99 Å². The van der Waals surface area contributed by atoms with Gasteiger partial charge >= 0.3 is 5.97 Å². The van der Waals surface area contributed by atoms with Crippen LogP contribution in [0, 0.1) is 13.8 Å². The summed E-state index contributed by atoms with van der Waals surface area (Å²) in [4.78, 5) is 16.5. The van der Waals surface area contributed by atoms with E-state index in [1.807, 2.05) is 43.3 Å².